The molecule has 1 aliphatic rings. The fourth-order valence-corrected chi connectivity index (χ4v) is 4.16. The fourth-order valence-electron chi connectivity index (χ4n) is 4.16. The first-order valence-electron chi connectivity index (χ1n) is 12.5. The number of nitrogens with zero attached hydrogens (tertiary/aromatic N) is 6. The molecule has 0 spiro atoms. The van der Waals surface area contributed by atoms with E-state index >= 15 is 0 Å². The Morgan fingerprint density at radius 1 is 1.05 bits per heavy atom. The van der Waals surface area contributed by atoms with Gasteiger partial charge in [-0.25, -0.2) is 14.3 Å². The van der Waals surface area contributed by atoms with E-state index in [1.807, 2.05) is 22.5 Å². The Labute approximate surface area is 236 Å². The van der Waals surface area contributed by atoms with E-state index < -0.39 is 24.3 Å². The van der Waals surface area contributed by atoms with Gasteiger partial charge in [0.2, 0.25) is 0 Å². The third-order valence-corrected chi connectivity index (χ3v) is 5.90. The van der Waals surface area contributed by atoms with Crippen molar-refractivity contribution in [2.75, 3.05) is 13.1 Å². The highest BCUT2D eigenvalue weighted by Gasteiger charge is 2.38. The Balaban J connectivity index is 0.000000367. The largest absolute Gasteiger partial charge is 0.490 e. The molecule has 1 fully saturated rings. The molecule has 0 amide bonds. The quantitative estimate of drug-likeness (QED) is 0.356. The number of carbonyl (C=O) groups is 2. The summed E-state index contributed by atoms with van der Waals surface area (Å²) in [6, 6.07) is 10.8. The smallest absolute Gasteiger partial charge is 0.475 e. The Hall–Kier alpha value is -3.99. The average Bonchev–Trinajstić information content (AvgIpc) is 3.49. The summed E-state index contributed by atoms with van der Waals surface area (Å²) in [4.78, 5) is 20.3. The molecule has 0 radical (unpaired) electrons. The van der Waals surface area contributed by atoms with Crippen molar-refractivity contribution in [1.82, 2.24) is 29.7 Å². The number of aryl methyl sites for hydroxylation is 2. The van der Waals surface area contributed by atoms with Gasteiger partial charge in [0.05, 0.1) is 17.1 Å². The van der Waals surface area contributed by atoms with E-state index in [9.17, 15) is 26.3 Å². The molecule has 11 nitrogen and oxygen atoms in total. The van der Waals surface area contributed by atoms with Gasteiger partial charge in [0.1, 0.15) is 0 Å². The van der Waals surface area contributed by atoms with E-state index in [-0.39, 0.29) is 0 Å². The first-order valence-corrected chi connectivity index (χ1v) is 12.5. The lowest BCUT2D eigenvalue weighted by molar-refractivity contribution is -0.193. The number of nitrogens with two attached hydrogens (primary N) is 1. The summed E-state index contributed by atoms with van der Waals surface area (Å²) in [5, 5.41) is 27.2. The summed E-state index contributed by atoms with van der Waals surface area (Å²) in [5.41, 5.74) is 11.2. The van der Waals surface area contributed by atoms with Crippen molar-refractivity contribution >= 4 is 11.9 Å². The Morgan fingerprint density at radius 2 is 1.67 bits per heavy atom. The van der Waals surface area contributed by atoms with Crippen LogP contribution in [0.15, 0.2) is 36.5 Å². The van der Waals surface area contributed by atoms with Crippen LogP contribution in [0, 0.1) is 19.8 Å². The molecule has 1 unspecified atom stereocenters. The number of hydrogen-bond acceptors (Lipinski definition) is 7. The van der Waals surface area contributed by atoms with Gasteiger partial charge in [-0.3, -0.25) is 9.58 Å². The second kappa shape index (κ2) is 14.8. The molecule has 1 saturated heterocycles. The van der Waals surface area contributed by atoms with Crippen molar-refractivity contribution in [3.63, 3.8) is 0 Å². The summed E-state index contributed by atoms with van der Waals surface area (Å²) in [7, 11) is 0. The maximum atomic E-state index is 10.6. The highest BCUT2D eigenvalue weighted by Crippen LogP contribution is 2.21. The molecule has 0 bridgehead atoms. The fraction of sp³-hybridized carbons (Fsp3) is 0.480. The molecule has 42 heavy (non-hydrogen) atoms. The third-order valence-electron chi connectivity index (χ3n) is 5.90. The molecule has 4 rings (SSSR count). The van der Waals surface area contributed by atoms with Crippen LogP contribution in [0.5, 0.6) is 0 Å². The highest BCUT2D eigenvalue weighted by molar-refractivity contribution is 5.73. The van der Waals surface area contributed by atoms with Gasteiger partial charge in [0, 0.05) is 38.1 Å². The van der Waals surface area contributed by atoms with Gasteiger partial charge in [0.25, 0.3) is 0 Å². The van der Waals surface area contributed by atoms with Crippen molar-refractivity contribution in [1.29, 1.82) is 0 Å². The Kier molecular flexibility index (Phi) is 12.0. The third kappa shape index (κ3) is 11.1. The predicted molar refractivity (Wildman–Crippen MR) is 136 cm³/mol. The maximum absolute atomic E-state index is 10.6. The summed E-state index contributed by atoms with van der Waals surface area (Å²) in [5.74, 6) is -4.92. The number of carboxylic acid groups (broad SMARTS) is 2. The van der Waals surface area contributed by atoms with E-state index in [1.54, 1.807) is 0 Å². The zero-order valence-electron chi connectivity index (χ0n) is 22.7. The summed E-state index contributed by atoms with van der Waals surface area (Å²) >= 11 is 0. The van der Waals surface area contributed by atoms with Gasteiger partial charge in [-0.2, -0.15) is 31.4 Å². The van der Waals surface area contributed by atoms with Crippen LogP contribution in [0.4, 0.5) is 26.3 Å². The first kappa shape index (κ1) is 34.2. The number of aliphatic carboxylic acids is 2. The molecule has 1 atom stereocenters. The van der Waals surface area contributed by atoms with Gasteiger partial charge in [-0.05, 0) is 62.9 Å². The van der Waals surface area contributed by atoms with Crippen molar-refractivity contribution in [2.45, 2.75) is 58.7 Å². The number of likely N-dealkylation sites (tertiary alicyclic amines) is 1. The molecular formula is C25H31F6N7O4. The zero-order chi connectivity index (χ0) is 31.7. The standard InChI is InChI=1S/C21H29N7.2C2HF3O2/c1-16-9-17(2)28(24-16)21-7-3-5-18(10-21)12-26-8-4-6-19(13-26)14-27-15-20(11-22)23-25-27;2*3-2(4,5)1(6)7/h3,5,7,9-10,15,19H,4,6,8,11-14,22H2,1-2H3;2*(H,6,7). The minimum absolute atomic E-state index is 0.447. The lowest BCUT2D eigenvalue weighted by Crippen LogP contribution is -2.36. The minimum atomic E-state index is -5.08. The SMILES string of the molecule is Cc1cc(C)n(-c2cccc(CN3CCCC(Cn4cc(CN)nn4)C3)c2)n1.O=C(O)C(F)(F)F.O=C(O)C(F)(F)F. The molecule has 2 aromatic heterocycles. The zero-order valence-corrected chi connectivity index (χ0v) is 22.7. The summed E-state index contributed by atoms with van der Waals surface area (Å²) in [6.07, 6.45) is -5.74. The molecule has 3 aromatic rings. The molecule has 3 heterocycles. The minimum Gasteiger partial charge on any atom is -0.475 e. The van der Waals surface area contributed by atoms with E-state index in [0.717, 1.165) is 48.9 Å². The van der Waals surface area contributed by atoms with Crippen LogP contribution in [0.1, 0.15) is 35.5 Å². The van der Waals surface area contributed by atoms with Crippen molar-refractivity contribution in [2.24, 2.45) is 11.7 Å². The van der Waals surface area contributed by atoms with Gasteiger partial charge in [0.15, 0.2) is 0 Å². The number of halogens is 6. The topological polar surface area (TPSA) is 152 Å². The number of aromatic nitrogens is 5. The highest BCUT2D eigenvalue weighted by atomic mass is 19.4. The summed E-state index contributed by atoms with van der Waals surface area (Å²) in [6.45, 7) is 8.69. The number of piperidine rings is 1. The van der Waals surface area contributed by atoms with Crippen molar-refractivity contribution in [3.8, 4) is 5.69 Å². The number of hydrogen-bond donors (Lipinski definition) is 3. The van der Waals surface area contributed by atoms with Crippen LogP contribution in [0.25, 0.3) is 5.69 Å². The van der Waals surface area contributed by atoms with E-state index in [0.29, 0.717) is 12.5 Å². The van der Waals surface area contributed by atoms with Crippen LogP contribution in [-0.2, 0) is 29.2 Å². The van der Waals surface area contributed by atoms with Crippen LogP contribution in [0.3, 0.4) is 0 Å². The van der Waals surface area contributed by atoms with Gasteiger partial charge in [-0.1, -0.05) is 17.3 Å². The monoisotopic (exact) mass is 607 g/mol. The normalized spacial score (nSPS) is 15.7. The molecular weight excluding hydrogens is 576 g/mol. The van der Waals surface area contributed by atoms with Crippen LogP contribution in [0.2, 0.25) is 0 Å². The molecule has 17 heteroatoms. The number of rotatable bonds is 6. The van der Waals surface area contributed by atoms with E-state index in [4.69, 9.17) is 25.5 Å². The van der Waals surface area contributed by atoms with Gasteiger partial charge >= 0.3 is 24.3 Å². The molecule has 1 aromatic carbocycles. The van der Waals surface area contributed by atoms with Gasteiger partial charge < -0.3 is 15.9 Å². The van der Waals surface area contributed by atoms with Crippen molar-refractivity contribution < 1.29 is 46.1 Å². The predicted octanol–water partition coefficient (Wildman–Crippen LogP) is 3.72. The lowest BCUT2D eigenvalue weighted by atomic mass is 9.97. The molecule has 4 N–H and O–H groups in total. The van der Waals surface area contributed by atoms with Crippen LogP contribution < -0.4 is 5.73 Å². The average molecular weight is 608 g/mol. The number of carboxylic acids is 2. The second-order valence-corrected chi connectivity index (χ2v) is 9.49. The molecule has 1 aliphatic heterocycles. The van der Waals surface area contributed by atoms with Crippen LogP contribution >= 0.6 is 0 Å². The van der Waals surface area contributed by atoms with Crippen LogP contribution in [-0.4, -0.2) is 77.3 Å². The molecule has 0 saturated carbocycles. The van der Waals surface area contributed by atoms with E-state index in [1.165, 1.54) is 18.4 Å². The van der Waals surface area contributed by atoms with E-state index in [2.05, 4.69) is 57.6 Å². The number of benzene rings is 1. The second-order valence-electron chi connectivity index (χ2n) is 9.49. The first-order chi connectivity index (χ1) is 19.5. The van der Waals surface area contributed by atoms with Gasteiger partial charge in [-0.15, -0.1) is 5.10 Å². The van der Waals surface area contributed by atoms with Crippen molar-refractivity contribution in [3.05, 3.63) is 59.2 Å². The Morgan fingerprint density at radius 3 is 2.17 bits per heavy atom. The Bertz CT molecular complexity index is 1300. The lowest BCUT2D eigenvalue weighted by Gasteiger charge is -2.32. The number of alkyl halides is 6. The maximum Gasteiger partial charge on any atom is 0.490 e. The summed E-state index contributed by atoms with van der Waals surface area (Å²) < 4.78 is 67.4. The molecule has 232 valence electrons. The molecule has 0 aliphatic carbocycles.